The van der Waals surface area contributed by atoms with Gasteiger partial charge in [0.15, 0.2) is 0 Å². The Bertz CT molecular complexity index is 176. The van der Waals surface area contributed by atoms with Gasteiger partial charge in [-0.05, 0) is 25.3 Å². The molecule has 0 fully saturated rings. The second-order valence-corrected chi connectivity index (χ2v) is 3.62. The third kappa shape index (κ3) is 7.53. The number of carbonyl (C=O) groups is 1. The van der Waals surface area contributed by atoms with Crippen LogP contribution in [0.1, 0.15) is 26.7 Å². The predicted molar refractivity (Wildman–Crippen MR) is 53.7 cm³/mol. The van der Waals surface area contributed by atoms with Crippen molar-refractivity contribution in [3.8, 4) is 0 Å². The van der Waals surface area contributed by atoms with Crippen molar-refractivity contribution in [1.82, 2.24) is 5.32 Å². The van der Waals surface area contributed by atoms with Crippen molar-refractivity contribution in [2.24, 2.45) is 5.92 Å². The molecule has 0 aliphatic carbocycles. The fourth-order valence-corrected chi connectivity index (χ4v) is 0.950. The average molecular weight is 185 g/mol. The number of nitrogens with one attached hydrogen (secondary N) is 1. The van der Waals surface area contributed by atoms with E-state index in [4.69, 9.17) is 5.11 Å². The molecule has 0 aliphatic heterocycles. The average Bonchev–Trinajstić information content (AvgIpc) is 2.02. The molecule has 0 saturated carbocycles. The second kappa shape index (κ2) is 6.66. The Morgan fingerprint density at radius 2 is 2.15 bits per heavy atom. The summed E-state index contributed by atoms with van der Waals surface area (Å²) in [5.74, 6) is -0.208. The van der Waals surface area contributed by atoms with Gasteiger partial charge in [-0.2, -0.15) is 0 Å². The Kier molecular flexibility index (Phi) is 6.24. The highest BCUT2D eigenvalue weighted by Gasteiger charge is 2.01. The molecule has 2 N–H and O–H groups in total. The van der Waals surface area contributed by atoms with E-state index in [0.717, 1.165) is 13.0 Å². The van der Waals surface area contributed by atoms with Crippen LogP contribution >= 0.6 is 0 Å². The molecule has 3 heteroatoms. The zero-order chi connectivity index (χ0) is 10.3. The molecule has 0 spiro atoms. The highest BCUT2D eigenvalue weighted by Crippen LogP contribution is 2.01. The summed E-state index contributed by atoms with van der Waals surface area (Å²) in [7, 11) is 0. The Balaban J connectivity index is 3.26. The summed E-state index contributed by atoms with van der Waals surface area (Å²) < 4.78 is 0. The van der Waals surface area contributed by atoms with Crippen LogP contribution < -0.4 is 5.32 Å². The third-order valence-corrected chi connectivity index (χ3v) is 1.78. The number of hydrogen-bond donors (Lipinski definition) is 2. The molecule has 0 radical (unpaired) electrons. The summed E-state index contributed by atoms with van der Waals surface area (Å²) in [6.45, 7) is 9.03. The van der Waals surface area contributed by atoms with E-state index in [1.165, 1.54) is 6.42 Å². The summed E-state index contributed by atoms with van der Waals surface area (Å²) in [6.07, 6.45) is 2.26. The predicted octanol–water partition coefficient (Wildman–Crippen LogP) is 1.65. The highest BCUT2D eigenvalue weighted by atomic mass is 16.4. The maximum Gasteiger partial charge on any atom is 0.332 e. The van der Waals surface area contributed by atoms with Gasteiger partial charge < -0.3 is 10.4 Å². The van der Waals surface area contributed by atoms with Gasteiger partial charge in [-0.3, -0.25) is 0 Å². The lowest BCUT2D eigenvalue weighted by atomic mass is 10.1. The lowest BCUT2D eigenvalue weighted by molar-refractivity contribution is -0.132. The zero-order valence-corrected chi connectivity index (χ0v) is 8.47. The Hall–Kier alpha value is -0.830. The van der Waals surface area contributed by atoms with E-state index in [1.807, 2.05) is 0 Å². The van der Waals surface area contributed by atoms with Crippen molar-refractivity contribution in [1.29, 1.82) is 0 Å². The van der Waals surface area contributed by atoms with Crippen LogP contribution in [0.2, 0.25) is 0 Å². The molecule has 0 bridgehead atoms. The van der Waals surface area contributed by atoms with Gasteiger partial charge in [0.1, 0.15) is 0 Å². The largest absolute Gasteiger partial charge is 0.478 e. The third-order valence-electron chi connectivity index (χ3n) is 1.78. The first-order valence-corrected chi connectivity index (χ1v) is 4.65. The van der Waals surface area contributed by atoms with Crippen LogP contribution in [0.15, 0.2) is 12.2 Å². The van der Waals surface area contributed by atoms with Crippen molar-refractivity contribution in [3.05, 3.63) is 12.2 Å². The van der Waals surface area contributed by atoms with Crippen molar-refractivity contribution in [2.75, 3.05) is 13.1 Å². The molecule has 0 aromatic carbocycles. The van der Waals surface area contributed by atoms with Crippen LogP contribution in [0.3, 0.4) is 0 Å². The minimum absolute atomic E-state index is 0.226. The Labute approximate surface area is 79.8 Å². The fraction of sp³-hybridized carbons (Fsp3) is 0.700. The second-order valence-electron chi connectivity index (χ2n) is 3.62. The summed E-state index contributed by atoms with van der Waals surface area (Å²) in [5, 5.41) is 11.5. The van der Waals surface area contributed by atoms with Gasteiger partial charge in [0, 0.05) is 12.1 Å². The van der Waals surface area contributed by atoms with E-state index >= 15 is 0 Å². The minimum Gasteiger partial charge on any atom is -0.478 e. The maximum absolute atomic E-state index is 10.3. The van der Waals surface area contributed by atoms with Crippen molar-refractivity contribution in [3.63, 3.8) is 0 Å². The first kappa shape index (κ1) is 12.2. The summed E-state index contributed by atoms with van der Waals surface area (Å²) in [4.78, 5) is 10.3. The highest BCUT2D eigenvalue weighted by molar-refractivity contribution is 5.86. The summed E-state index contributed by atoms with van der Waals surface area (Å²) in [6, 6.07) is 0. The lowest BCUT2D eigenvalue weighted by Gasteiger charge is -2.05. The molecule has 0 saturated heterocycles. The smallest absolute Gasteiger partial charge is 0.332 e. The molecule has 0 heterocycles. The van der Waals surface area contributed by atoms with Gasteiger partial charge in [0.2, 0.25) is 0 Å². The van der Waals surface area contributed by atoms with Gasteiger partial charge in [0.05, 0.1) is 0 Å². The standard InChI is InChI=1S/C10H19NO2/c1-8(2)5-4-6-11-7-9(3)10(12)13/h8,11H,3-7H2,1-2H3,(H,12,13). The van der Waals surface area contributed by atoms with Crippen molar-refractivity contribution in [2.45, 2.75) is 26.7 Å². The van der Waals surface area contributed by atoms with Crippen LogP contribution in [-0.2, 0) is 4.79 Å². The number of carboxylic acids is 1. The zero-order valence-electron chi connectivity index (χ0n) is 8.47. The topological polar surface area (TPSA) is 49.3 Å². The molecule has 0 amide bonds. The van der Waals surface area contributed by atoms with E-state index in [0.29, 0.717) is 12.5 Å². The quantitative estimate of drug-likeness (QED) is 0.468. The van der Waals surface area contributed by atoms with Crippen molar-refractivity contribution < 1.29 is 9.90 Å². The molecule has 0 aromatic heterocycles. The number of carboxylic acid groups (broad SMARTS) is 1. The van der Waals surface area contributed by atoms with E-state index in [-0.39, 0.29) is 5.57 Å². The van der Waals surface area contributed by atoms with E-state index in [9.17, 15) is 4.79 Å². The Morgan fingerprint density at radius 3 is 2.62 bits per heavy atom. The monoisotopic (exact) mass is 185 g/mol. The van der Waals surface area contributed by atoms with Crippen molar-refractivity contribution >= 4 is 5.97 Å². The molecule has 3 nitrogen and oxygen atoms in total. The maximum atomic E-state index is 10.3. The molecule has 0 aliphatic rings. The van der Waals surface area contributed by atoms with E-state index in [2.05, 4.69) is 25.7 Å². The van der Waals surface area contributed by atoms with Crippen LogP contribution in [0, 0.1) is 5.92 Å². The first-order valence-electron chi connectivity index (χ1n) is 4.65. The molecular weight excluding hydrogens is 166 g/mol. The summed E-state index contributed by atoms with van der Waals surface area (Å²) >= 11 is 0. The van der Waals surface area contributed by atoms with Crippen LogP contribution in [-0.4, -0.2) is 24.2 Å². The first-order chi connectivity index (χ1) is 6.04. The van der Waals surface area contributed by atoms with Crippen LogP contribution in [0.25, 0.3) is 0 Å². The molecular formula is C10H19NO2. The molecule has 0 aromatic rings. The van der Waals surface area contributed by atoms with E-state index in [1.54, 1.807) is 0 Å². The normalized spacial score (nSPS) is 10.4. The fourth-order valence-electron chi connectivity index (χ4n) is 0.950. The van der Waals surface area contributed by atoms with Gasteiger partial charge in [0.25, 0.3) is 0 Å². The number of rotatable bonds is 7. The lowest BCUT2D eigenvalue weighted by Crippen LogP contribution is -2.21. The van der Waals surface area contributed by atoms with Gasteiger partial charge in [-0.25, -0.2) is 4.79 Å². The molecule has 0 rings (SSSR count). The molecule has 0 atom stereocenters. The molecule has 0 unspecified atom stereocenters. The van der Waals surface area contributed by atoms with Crippen LogP contribution in [0.5, 0.6) is 0 Å². The Morgan fingerprint density at radius 1 is 1.54 bits per heavy atom. The van der Waals surface area contributed by atoms with Gasteiger partial charge in [-0.15, -0.1) is 0 Å². The summed E-state index contributed by atoms with van der Waals surface area (Å²) in [5.41, 5.74) is 0.226. The number of aliphatic carboxylic acids is 1. The van der Waals surface area contributed by atoms with Gasteiger partial charge in [-0.1, -0.05) is 20.4 Å². The molecule has 76 valence electrons. The van der Waals surface area contributed by atoms with Gasteiger partial charge >= 0.3 is 5.97 Å². The van der Waals surface area contributed by atoms with Crippen LogP contribution in [0.4, 0.5) is 0 Å². The molecule has 13 heavy (non-hydrogen) atoms. The number of hydrogen-bond acceptors (Lipinski definition) is 2. The van der Waals surface area contributed by atoms with E-state index < -0.39 is 5.97 Å². The SMILES string of the molecule is C=C(CNCCCC(C)C)C(=O)O. The minimum atomic E-state index is -0.920.